The molecule has 0 N–H and O–H groups in total. The van der Waals surface area contributed by atoms with E-state index >= 15 is 0 Å². The quantitative estimate of drug-likeness (QED) is 0.682. The van der Waals surface area contributed by atoms with Crippen molar-refractivity contribution in [2.75, 3.05) is 11.4 Å². The summed E-state index contributed by atoms with van der Waals surface area (Å²) in [5.74, 6) is 0.285. The molecule has 3 rings (SSSR count). The number of anilines is 1. The standard InChI is InChI=1S/C13H15NO/c15-13-5-2-8-14(13)12-7-6-10-3-1-4-11(10)9-12/h6-7,9H,1-5,8H2. The second-order valence-corrected chi connectivity index (χ2v) is 4.46. The van der Waals surface area contributed by atoms with Gasteiger partial charge < -0.3 is 4.90 Å². The summed E-state index contributed by atoms with van der Waals surface area (Å²) in [5, 5.41) is 0. The fourth-order valence-corrected chi connectivity index (χ4v) is 2.65. The smallest absolute Gasteiger partial charge is 0.227 e. The van der Waals surface area contributed by atoms with Crippen LogP contribution in [0, 0.1) is 0 Å². The Hall–Kier alpha value is -1.31. The highest BCUT2D eigenvalue weighted by Gasteiger charge is 2.22. The molecule has 15 heavy (non-hydrogen) atoms. The van der Waals surface area contributed by atoms with E-state index in [-0.39, 0.29) is 5.91 Å². The predicted octanol–water partition coefficient (Wildman–Crippen LogP) is 2.30. The van der Waals surface area contributed by atoms with Crippen LogP contribution in [0.25, 0.3) is 0 Å². The molecule has 78 valence electrons. The summed E-state index contributed by atoms with van der Waals surface area (Å²) in [6.45, 7) is 0.900. The lowest BCUT2D eigenvalue weighted by atomic mass is 10.1. The molecule has 1 heterocycles. The molecule has 1 aliphatic heterocycles. The Morgan fingerprint density at radius 2 is 1.87 bits per heavy atom. The van der Waals surface area contributed by atoms with Gasteiger partial charge >= 0.3 is 0 Å². The molecule has 2 heteroatoms. The van der Waals surface area contributed by atoms with E-state index in [1.165, 1.54) is 30.4 Å². The fraction of sp³-hybridized carbons (Fsp3) is 0.462. The highest BCUT2D eigenvalue weighted by molar-refractivity contribution is 5.95. The normalized spacial score (nSPS) is 19.7. The third kappa shape index (κ3) is 1.44. The number of hydrogen-bond acceptors (Lipinski definition) is 1. The molecule has 0 saturated carbocycles. The van der Waals surface area contributed by atoms with Crippen LogP contribution in [0.5, 0.6) is 0 Å². The van der Waals surface area contributed by atoms with Crippen LogP contribution in [0.3, 0.4) is 0 Å². The molecule has 0 radical (unpaired) electrons. The molecule has 0 spiro atoms. The van der Waals surface area contributed by atoms with Crippen LogP contribution in [0.1, 0.15) is 30.4 Å². The van der Waals surface area contributed by atoms with Gasteiger partial charge in [-0.15, -0.1) is 0 Å². The molecule has 0 unspecified atom stereocenters. The lowest BCUT2D eigenvalue weighted by molar-refractivity contribution is -0.117. The molecule has 2 aliphatic rings. The largest absolute Gasteiger partial charge is 0.312 e. The molecule has 0 aromatic heterocycles. The minimum Gasteiger partial charge on any atom is -0.312 e. The van der Waals surface area contributed by atoms with Crippen LogP contribution in [0.15, 0.2) is 18.2 Å². The zero-order valence-corrected chi connectivity index (χ0v) is 8.83. The van der Waals surface area contributed by atoms with Crippen LogP contribution in [0.4, 0.5) is 5.69 Å². The lowest BCUT2D eigenvalue weighted by Gasteiger charge is -2.16. The van der Waals surface area contributed by atoms with Gasteiger partial charge in [-0.1, -0.05) is 6.07 Å². The number of aryl methyl sites for hydroxylation is 2. The van der Waals surface area contributed by atoms with Crippen molar-refractivity contribution in [3.05, 3.63) is 29.3 Å². The first-order valence-corrected chi connectivity index (χ1v) is 5.77. The molecule has 1 amide bonds. The second-order valence-electron chi connectivity index (χ2n) is 4.46. The molecule has 1 fully saturated rings. The van der Waals surface area contributed by atoms with Gasteiger partial charge in [-0.2, -0.15) is 0 Å². The number of hydrogen-bond donors (Lipinski definition) is 0. The Labute approximate surface area is 89.9 Å². The number of amides is 1. The van der Waals surface area contributed by atoms with Crippen LogP contribution >= 0.6 is 0 Å². The summed E-state index contributed by atoms with van der Waals surface area (Å²) in [7, 11) is 0. The highest BCUT2D eigenvalue weighted by Crippen LogP contribution is 2.28. The molecule has 1 saturated heterocycles. The van der Waals surface area contributed by atoms with Gasteiger partial charge in [0, 0.05) is 18.7 Å². The first-order chi connectivity index (χ1) is 7.34. The van der Waals surface area contributed by atoms with Gasteiger partial charge in [0.2, 0.25) is 5.91 Å². The maximum Gasteiger partial charge on any atom is 0.227 e. The Morgan fingerprint density at radius 3 is 2.67 bits per heavy atom. The van der Waals surface area contributed by atoms with E-state index in [1.807, 2.05) is 4.90 Å². The van der Waals surface area contributed by atoms with Crippen LogP contribution < -0.4 is 4.90 Å². The van der Waals surface area contributed by atoms with Gasteiger partial charge in [0.05, 0.1) is 0 Å². The number of fused-ring (bicyclic) bond motifs is 1. The molecule has 1 aliphatic carbocycles. The Morgan fingerprint density at radius 1 is 1.00 bits per heavy atom. The van der Waals surface area contributed by atoms with Gasteiger partial charge in [0.25, 0.3) is 0 Å². The molecule has 2 nitrogen and oxygen atoms in total. The van der Waals surface area contributed by atoms with Crippen molar-refractivity contribution in [1.82, 2.24) is 0 Å². The maximum atomic E-state index is 11.6. The van der Waals surface area contributed by atoms with Crippen molar-refractivity contribution < 1.29 is 4.79 Å². The van der Waals surface area contributed by atoms with Gasteiger partial charge in [-0.25, -0.2) is 0 Å². The Kier molecular flexibility index (Phi) is 2.01. The van der Waals surface area contributed by atoms with E-state index < -0.39 is 0 Å². The molecular formula is C13H15NO. The first kappa shape index (κ1) is 8.96. The van der Waals surface area contributed by atoms with E-state index in [2.05, 4.69) is 18.2 Å². The zero-order valence-electron chi connectivity index (χ0n) is 8.83. The van der Waals surface area contributed by atoms with Crippen molar-refractivity contribution in [2.24, 2.45) is 0 Å². The van der Waals surface area contributed by atoms with E-state index in [4.69, 9.17) is 0 Å². The van der Waals surface area contributed by atoms with Gasteiger partial charge in [0.15, 0.2) is 0 Å². The van der Waals surface area contributed by atoms with E-state index in [0.717, 1.165) is 25.1 Å². The summed E-state index contributed by atoms with van der Waals surface area (Å²) < 4.78 is 0. The summed E-state index contributed by atoms with van der Waals surface area (Å²) >= 11 is 0. The molecule has 0 bridgehead atoms. The number of rotatable bonds is 1. The second kappa shape index (κ2) is 3.37. The monoisotopic (exact) mass is 201 g/mol. The van der Waals surface area contributed by atoms with E-state index in [1.54, 1.807) is 0 Å². The van der Waals surface area contributed by atoms with Crippen molar-refractivity contribution >= 4 is 11.6 Å². The highest BCUT2D eigenvalue weighted by atomic mass is 16.2. The average molecular weight is 201 g/mol. The lowest BCUT2D eigenvalue weighted by Crippen LogP contribution is -2.23. The van der Waals surface area contributed by atoms with Crippen molar-refractivity contribution in [1.29, 1.82) is 0 Å². The van der Waals surface area contributed by atoms with Gasteiger partial charge in [-0.3, -0.25) is 4.79 Å². The van der Waals surface area contributed by atoms with Crippen molar-refractivity contribution in [3.63, 3.8) is 0 Å². The molecule has 0 atom stereocenters. The first-order valence-electron chi connectivity index (χ1n) is 5.77. The van der Waals surface area contributed by atoms with Gasteiger partial charge in [0.1, 0.15) is 0 Å². The van der Waals surface area contributed by atoms with Crippen molar-refractivity contribution in [2.45, 2.75) is 32.1 Å². The number of benzene rings is 1. The summed E-state index contributed by atoms with van der Waals surface area (Å²) in [6, 6.07) is 6.52. The topological polar surface area (TPSA) is 20.3 Å². The SMILES string of the molecule is O=C1CCCN1c1ccc2c(c1)CCC2. The summed E-state index contributed by atoms with van der Waals surface area (Å²) in [4.78, 5) is 13.5. The number of carbonyl (C=O) groups is 1. The third-order valence-corrected chi connectivity index (χ3v) is 3.47. The molecular weight excluding hydrogens is 186 g/mol. The Balaban J connectivity index is 1.95. The van der Waals surface area contributed by atoms with Crippen LogP contribution in [-0.4, -0.2) is 12.5 Å². The summed E-state index contributed by atoms with van der Waals surface area (Å²) in [6.07, 6.45) is 5.40. The van der Waals surface area contributed by atoms with Gasteiger partial charge in [-0.05, 0) is 48.9 Å². The maximum absolute atomic E-state index is 11.6. The minimum absolute atomic E-state index is 0.285. The molecule has 1 aromatic rings. The number of nitrogens with zero attached hydrogens (tertiary/aromatic N) is 1. The van der Waals surface area contributed by atoms with E-state index in [0.29, 0.717) is 0 Å². The Bertz CT molecular complexity index is 411. The van der Waals surface area contributed by atoms with E-state index in [9.17, 15) is 4.79 Å². The van der Waals surface area contributed by atoms with Crippen LogP contribution in [-0.2, 0) is 17.6 Å². The number of carbonyl (C=O) groups excluding carboxylic acids is 1. The predicted molar refractivity (Wildman–Crippen MR) is 60.1 cm³/mol. The van der Waals surface area contributed by atoms with Crippen molar-refractivity contribution in [3.8, 4) is 0 Å². The fourth-order valence-electron chi connectivity index (χ4n) is 2.65. The van der Waals surface area contributed by atoms with Crippen LogP contribution in [0.2, 0.25) is 0 Å². The third-order valence-electron chi connectivity index (χ3n) is 3.47. The zero-order chi connectivity index (χ0) is 10.3. The summed E-state index contributed by atoms with van der Waals surface area (Å²) in [5.41, 5.74) is 4.04. The average Bonchev–Trinajstić information content (AvgIpc) is 2.84. The molecule has 1 aromatic carbocycles. The minimum atomic E-state index is 0.285.